The van der Waals surface area contributed by atoms with Crippen molar-refractivity contribution in [3.05, 3.63) is 71.3 Å². The fourth-order valence-electron chi connectivity index (χ4n) is 4.05. The fourth-order valence-corrected chi connectivity index (χ4v) is 4.26. The number of hydrogen-bond acceptors (Lipinski definition) is 5. The van der Waals surface area contributed by atoms with E-state index in [1.54, 1.807) is 12.4 Å². The molecule has 7 heteroatoms. The van der Waals surface area contributed by atoms with Gasteiger partial charge < -0.3 is 9.80 Å². The first-order chi connectivity index (χ1) is 15.0. The van der Waals surface area contributed by atoms with Crippen LogP contribution < -0.4 is 4.90 Å². The zero-order valence-corrected chi connectivity index (χ0v) is 18.6. The molecule has 0 bridgehead atoms. The molecule has 1 aliphatic rings. The SMILES string of the molecule is CN(C)c1ncc(-c2ccncc2)c([C@@H]2CCCCN2C(=O)Cc2cccc(Cl)c2)n1. The zero-order valence-electron chi connectivity index (χ0n) is 17.8. The van der Waals surface area contributed by atoms with E-state index in [2.05, 4.69) is 9.97 Å². The van der Waals surface area contributed by atoms with Crippen molar-refractivity contribution >= 4 is 23.5 Å². The van der Waals surface area contributed by atoms with Gasteiger partial charge in [-0.2, -0.15) is 0 Å². The smallest absolute Gasteiger partial charge is 0.227 e. The van der Waals surface area contributed by atoms with Gasteiger partial charge in [0.1, 0.15) is 0 Å². The van der Waals surface area contributed by atoms with Crippen LogP contribution in [0, 0.1) is 0 Å². The van der Waals surface area contributed by atoms with E-state index < -0.39 is 0 Å². The van der Waals surface area contributed by atoms with Crippen LogP contribution in [0.5, 0.6) is 0 Å². The third-order valence-electron chi connectivity index (χ3n) is 5.58. The summed E-state index contributed by atoms with van der Waals surface area (Å²) in [4.78, 5) is 30.8. The number of benzene rings is 1. The van der Waals surface area contributed by atoms with Crippen LogP contribution in [0.4, 0.5) is 5.95 Å². The van der Waals surface area contributed by atoms with E-state index in [0.29, 0.717) is 17.4 Å². The average Bonchev–Trinajstić information content (AvgIpc) is 2.79. The highest BCUT2D eigenvalue weighted by Crippen LogP contribution is 2.36. The summed E-state index contributed by atoms with van der Waals surface area (Å²) in [7, 11) is 3.85. The Morgan fingerprint density at radius 2 is 2.00 bits per heavy atom. The third kappa shape index (κ3) is 4.85. The molecule has 1 aromatic carbocycles. The van der Waals surface area contributed by atoms with Gasteiger partial charge in [0.15, 0.2) is 0 Å². The lowest BCUT2D eigenvalue weighted by molar-refractivity contribution is -0.134. The van der Waals surface area contributed by atoms with Crippen LogP contribution in [0.15, 0.2) is 55.0 Å². The molecule has 4 rings (SSSR count). The van der Waals surface area contributed by atoms with E-state index in [-0.39, 0.29) is 11.9 Å². The number of halogens is 1. The second-order valence-electron chi connectivity index (χ2n) is 8.00. The number of piperidine rings is 1. The molecule has 0 saturated carbocycles. The Labute approximate surface area is 187 Å². The van der Waals surface area contributed by atoms with Gasteiger partial charge in [-0.1, -0.05) is 23.7 Å². The van der Waals surface area contributed by atoms with Gasteiger partial charge in [-0.3, -0.25) is 9.78 Å². The number of hydrogen-bond donors (Lipinski definition) is 0. The summed E-state index contributed by atoms with van der Waals surface area (Å²) in [6.45, 7) is 0.723. The molecule has 1 fully saturated rings. The number of amides is 1. The number of nitrogens with zero attached hydrogens (tertiary/aromatic N) is 5. The lowest BCUT2D eigenvalue weighted by Crippen LogP contribution is -2.40. The number of carbonyl (C=O) groups excluding carboxylic acids is 1. The minimum Gasteiger partial charge on any atom is -0.347 e. The summed E-state index contributed by atoms with van der Waals surface area (Å²) in [6, 6.07) is 11.3. The molecular weight excluding hydrogens is 410 g/mol. The molecule has 1 saturated heterocycles. The second kappa shape index (κ2) is 9.43. The van der Waals surface area contributed by atoms with Crippen LogP contribution in [0.25, 0.3) is 11.1 Å². The molecule has 0 unspecified atom stereocenters. The van der Waals surface area contributed by atoms with Gasteiger partial charge >= 0.3 is 0 Å². The van der Waals surface area contributed by atoms with E-state index >= 15 is 0 Å². The maximum absolute atomic E-state index is 13.3. The van der Waals surface area contributed by atoms with Gasteiger partial charge in [-0.15, -0.1) is 0 Å². The normalized spacial score (nSPS) is 16.2. The van der Waals surface area contributed by atoms with Crippen molar-refractivity contribution < 1.29 is 4.79 Å². The Balaban J connectivity index is 1.71. The predicted molar refractivity (Wildman–Crippen MR) is 123 cm³/mol. The Kier molecular flexibility index (Phi) is 6.47. The first-order valence-electron chi connectivity index (χ1n) is 10.5. The Morgan fingerprint density at radius 1 is 1.19 bits per heavy atom. The molecule has 3 aromatic rings. The van der Waals surface area contributed by atoms with Crippen molar-refractivity contribution in [2.75, 3.05) is 25.5 Å². The van der Waals surface area contributed by atoms with Crippen LogP contribution in [0.3, 0.4) is 0 Å². The average molecular weight is 436 g/mol. The molecule has 0 spiro atoms. The molecule has 2 aromatic heterocycles. The van der Waals surface area contributed by atoms with Crippen molar-refractivity contribution in [1.29, 1.82) is 0 Å². The van der Waals surface area contributed by atoms with Gasteiger partial charge in [0.2, 0.25) is 11.9 Å². The number of anilines is 1. The fraction of sp³-hybridized carbons (Fsp3) is 0.333. The van der Waals surface area contributed by atoms with Gasteiger partial charge in [0.05, 0.1) is 18.2 Å². The number of pyridine rings is 1. The molecule has 160 valence electrons. The summed E-state index contributed by atoms with van der Waals surface area (Å²) < 4.78 is 0. The Bertz CT molecular complexity index is 1060. The van der Waals surface area contributed by atoms with Crippen LogP contribution in [0.1, 0.15) is 36.6 Å². The van der Waals surface area contributed by atoms with Gasteiger partial charge in [-0.25, -0.2) is 9.97 Å². The lowest BCUT2D eigenvalue weighted by Gasteiger charge is -2.36. The molecule has 1 amide bonds. The third-order valence-corrected chi connectivity index (χ3v) is 5.82. The van der Waals surface area contributed by atoms with E-state index in [1.807, 2.05) is 66.5 Å². The highest BCUT2D eigenvalue weighted by atomic mass is 35.5. The largest absolute Gasteiger partial charge is 0.347 e. The van der Waals surface area contributed by atoms with E-state index in [0.717, 1.165) is 48.2 Å². The second-order valence-corrected chi connectivity index (χ2v) is 8.44. The van der Waals surface area contributed by atoms with Gasteiger partial charge in [0, 0.05) is 49.8 Å². The van der Waals surface area contributed by atoms with E-state index in [4.69, 9.17) is 16.6 Å². The Hall–Kier alpha value is -2.99. The van der Waals surface area contributed by atoms with E-state index in [1.165, 1.54) is 0 Å². The summed E-state index contributed by atoms with van der Waals surface area (Å²) in [5.41, 5.74) is 3.76. The monoisotopic (exact) mass is 435 g/mol. The molecular formula is C24H26ClN5O. The maximum Gasteiger partial charge on any atom is 0.227 e. The number of carbonyl (C=O) groups is 1. The quantitative estimate of drug-likeness (QED) is 0.588. The topological polar surface area (TPSA) is 62.2 Å². The van der Waals surface area contributed by atoms with E-state index in [9.17, 15) is 4.79 Å². The zero-order chi connectivity index (χ0) is 21.8. The molecule has 1 atom stereocenters. The number of aromatic nitrogens is 3. The first-order valence-corrected chi connectivity index (χ1v) is 10.9. The molecule has 0 N–H and O–H groups in total. The van der Waals surface area contributed by atoms with Gasteiger partial charge in [0.25, 0.3) is 0 Å². The highest BCUT2D eigenvalue weighted by molar-refractivity contribution is 6.30. The molecule has 0 radical (unpaired) electrons. The summed E-state index contributed by atoms with van der Waals surface area (Å²) in [5, 5.41) is 0.645. The van der Waals surface area contributed by atoms with Crippen LogP contribution >= 0.6 is 11.6 Å². The van der Waals surface area contributed by atoms with Crippen molar-refractivity contribution in [1.82, 2.24) is 19.9 Å². The summed E-state index contributed by atoms with van der Waals surface area (Å²) >= 11 is 6.12. The lowest BCUT2D eigenvalue weighted by atomic mass is 9.93. The molecule has 6 nitrogen and oxygen atoms in total. The first kappa shape index (κ1) is 21.2. The minimum absolute atomic E-state index is 0.0923. The standard InChI is InChI=1S/C24H26ClN5O/c1-29(2)24-27-16-20(18-9-11-26-12-10-18)23(28-24)21-8-3-4-13-30(21)22(31)15-17-6-5-7-19(25)14-17/h5-7,9-12,14,16,21H,3-4,8,13,15H2,1-2H3/t21-/m0/s1. The molecule has 1 aliphatic heterocycles. The minimum atomic E-state index is -0.0923. The summed E-state index contributed by atoms with van der Waals surface area (Å²) in [6.07, 6.45) is 8.65. The van der Waals surface area contributed by atoms with Crippen molar-refractivity contribution in [2.24, 2.45) is 0 Å². The van der Waals surface area contributed by atoms with Gasteiger partial charge in [-0.05, 0) is 54.7 Å². The van der Waals surface area contributed by atoms with Crippen LogP contribution in [0.2, 0.25) is 5.02 Å². The molecule has 0 aliphatic carbocycles. The molecule has 3 heterocycles. The van der Waals surface area contributed by atoms with Crippen LogP contribution in [-0.2, 0) is 11.2 Å². The predicted octanol–water partition coefficient (Wildman–Crippen LogP) is 4.55. The van der Waals surface area contributed by atoms with Crippen LogP contribution in [-0.4, -0.2) is 46.4 Å². The molecule has 31 heavy (non-hydrogen) atoms. The maximum atomic E-state index is 13.3. The Morgan fingerprint density at radius 3 is 2.74 bits per heavy atom. The summed E-state index contributed by atoms with van der Waals surface area (Å²) in [5.74, 6) is 0.735. The van der Waals surface area contributed by atoms with Crippen molar-refractivity contribution in [3.8, 4) is 11.1 Å². The number of rotatable bonds is 5. The highest BCUT2D eigenvalue weighted by Gasteiger charge is 2.31. The van der Waals surface area contributed by atoms with Crippen molar-refractivity contribution in [3.63, 3.8) is 0 Å². The van der Waals surface area contributed by atoms with Crippen molar-refractivity contribution in [2.45, 2.75) is 31.7 Å². The number of likely N-dealkylation sites (tertiary alicyclic amines) is 1.